The standard InChI is InChI=1S/C15H21Br2N/c1-10(2)11-3-6-13(7-4-11)18-15-9-12(16)5-8-14(15)17/h5,8-11,13,18H,3-4,6-7H2,1-2H3. The van der Waals surface area contributed by atoms with Gasteiger partial charge in [-0.05, 0) is 71.6 Å². The molecule has 18 heavy (non-hydrogen) atoms. The van der Waals surface area contributed by atoms with Gasteiger partial charge in [-0.15, -0.1) is 0 Å². The van der Waals surface area contributed by atoms with Crippen LogP contribution in [0, 0.1) is 11.8 Å². The summed E-state index contributed by atoms with van der Waals surface area (Å²) in [5.41, 5.74) is 1.21. The molecule has 0 unspecified atom stereocenters. The summed E-state index contributed by atoms with van der Waals surface area (Å²) in [6.45, 7) is 4.70. The van der Waals surface area contributed by atoms with E-state index >= 15 is 0 Å². The van der Waals surface area contributed by atoms with Gasteiger partial charge in [0.2, 0.25) is 0 Å². The van der Waals surface area contributed by atoms with Crippen LogP contribution >= 0.6 is 31.9 Å². The van der Waals surface area contributed by atoms with Gasteiger partial charge in [-0.2, -0.15) is 0 Å². The number of rotatable bonds is 3. The lowest BCUT2D eigenvalue weighted by molar-refractivity contribution is 0.267. The molecular weight excluding hydrogens is 354 g/mol. The fraction of sp³-hybridized carbons (Fsp3) is 0.600. The average molecular weight is 375 g/mol. The second kappa shape index (κ2) is 6.42. The van der Waals surface area contributed by atoms with Crippen LogP contribution in [0.4, 0.5) is 5.69 Å². The van der Waals surface area contributed by atoms with E-state index in [1.165, 1.54) is 31.4 Å². The van der Waals surface area contributed by atoms with Crippen LogP contribution < -0.4 is 5.32 Å². The molecule has 1 fully saturated rings. The Hall–Kier alpha value is -0.0200. The highest BCUT2D eigenvalue weighted by molar-refractivity contribution is 9.11. The molecule has 0 radical (unpaired) electrons. The van der Waals surface area contributed by atoms with Gasteiger partial charge in [0.1, 0.15) is 0 Å². The molecule has 3 heteroatoms. The summed E-state index contributed by atoms with van der Waals surface area (Å²) in [5.74, 6) is 1.76. The highest BCUT2D eigenvalue weighted by Crippen LogP contribution is 2.33. The maximum Gasteiger partial charge on any atom is 0.0498 e. The van der Waals surface area contributed by atoms with Crippen LogP contribution in [0.2, 0.25) is 0 Å². The van der Waals surface area contributed by atoms with Crippen molar-refractivity contribution in [3.05, 3.63) is 27.1 Å². The topological polar surface area (TPSA) is 12.0 Å². The lowest BCUT2D eigenvalue weighted by atomic mass is 9.79. The van der Waals surface area contributed by atoms with Gasteiger partial charge in [0.05, 0.1) is 0 Å². The third-order valence-corrected chi connectivity index (χ3v) is 5.19. The Morgan fingerprint density at radius 3 is 2.39 bits per heavy atom. The molecule has 1 aromatic rings. The molecule has 0 amide bonds. The largest absolute Gasteiger partial charge is 0.381 e. The minimum atomic E-state index is 0.630. The number of halogens is 2. The number of anilines is 1. The summed E-state index contributed by atoms with van der Waals surface area (Å²) in [7, 11) is 0. The van der Waals surface area contributed by atoms with Crippen LogP contribution in [-0.2, 0) is 0 Å². The summed E-state index contributed by atoms with van der Waals surface area (Å²) in [5, 5.41) is 3.67. The van der Waals surface area contributed by atoms with E-state index in [0.29, 0.717) is 6.04 Å². The molecule has 1 aliphatic rings. The summed E-state index contributed by atoms with van der Waals surface area (Å²) in [6.07, 6.45) is 5.31. The Morgan fingerprint density at radius 1 is 1.11 bits per heavy atom. The number of hydrogen-bond donors (Lipinski definition) is 1. The Bertz CT molecular complexity index is 395. The van der Waals surface area contributed by atoms with E-state index in [9.17, 15) is 0 Å². The Morgan fingerprint density at radius 2 is 1.78 bits per heavy atom. The third-order valence-electron chi connectivity index (χ3n) is 4.00. The maximum atomic E-state index is 3.67. The van der Waals surface area contributed by atoms with Crippen molar-refractivity contribution in [3.8, 4) is 0 Å². The van der Waals surface area contributed by atoms with Crippen molar-refractivity contribution in [1.82, 2.24) is 0 Å². The molecule has 1 saturated carbocycles. The van der Waals surface area contributed by atoms with Crippen LogP contribution in [0.25, 0.3) is 0 Å². The van der Waals surface area contributed by atoms with Crippen molar-refractivity contribution >= 4 is 37.5 Å². The molecule has 0 saturated heterocycles. The SMILES string of the molecule is CC(C)C1CCC(Nc2cc(Br)ccc2Br)CC1. The van der Waals surface area contributed by atoms with Gasteiger partial charge in [0.25, 0.3) is 0 Å². The van der Waals surface area contributed by atoms with E-state index in [-0.39, 0.29) is 0 Å². The monoisotopic (exact) mass is 373 g/mol. The third kappa shape index (κ3) is 3.74. The van der Waals surface area contributed by atoms with Crippen LogP contribution in [-0.4, -0.2) is 6.04 Å². The van der Waals surface area contributed by atoms with E-state index in [4.69, 9.17) is 0 Å². The Balaban J connectivity index is 1.93. The molecule has 1 N–H and O–H groups in total. The highest BCUT2D eigenvalue weighted by atomic mass is 79.9. The zero-order chi connectivity index (χ0) is 13.1. The van der Waals surface area contributed by atoms with Crippen molar-refractivity contribution in [3.63, 3.8) is 0 Å². The number of benzene rings is 1. The lowest BCUT2D eigenvalue weighted by Gasteiger charge is -2.32. The first kappa shape index (κ1) is 14.4. The normalized spacial score (nSPS) is 24.3. The molecular formula is C15H21Br2N. The van der Waals surface area contributed by atoms with E-state index in [1.807, 2.05) is 0 Å². The predicted octanol–water partition coefficient (Wildman–Crippen LogP) is 5.84. The second-order valence-corrected chi connectivity index (χ2v) is 7.39. The average Bonchev–Trinajstić information content (AvgIpc) is 2.34. The van der Waals surface area contributed by atoms with Crippen LogP contribution in [0.3, 0.4) is 0 Å². The smallest absolute Gasteiger partial charge is 0.0498 e. The van der Waals surface area contributed by atoms with E-state index in [0.717, 1.165) is 20.8 Å². The van der Waals surface area contributed by atoms with Gasteiger partial charge in [0, 0.05) is 20.7 Å². The molecule has 1 nitrogen and oxygen atoms in total. The van der Waals surface area contributed by atoms with Crippen molar-refractivity contribution in [2.75, 3.05) is 5.32 Å². The molecule has 0 aliphatic heterocycles. The maximum absolute atomic E-state index is 3.67. The van der Waals surface area contributed by atoms with E-state index < -0.39 is 0 Å². The van der Waals surface area contributed by atoms with E-state index in [2.05, 4.69) is 69.2 Å². The first-order chi connectivity index (χ1) is 8.56. The highest BCUT2D eigenvalue weighted by Gasteiger charge is 2.23. The summed E-state index contributed by atoms with van der Waals surface area (Å²) in [4.78, 5) is 0. The van der Waals surface area contributed by atoms with Crippen LogP contribution in [0.15, 0.2) is 27.1 Å². The molecule has 1 aliphatic carbocycles. The fourth-order valence-corrected chi connectivity index (χ4v) is 3.48. The molecule has 2 rings (SSSR count). The van der Waals surface area contributed by atoms with Gasteiger partial charge in [0.15, 0.2) is 0 Å². The molecule has 0 spiro atoms. The first-order valence-electron chi connectivity index (χ1n) is 6.78. The van der Waals surface area contributed by atoms with Crippen molar-refractivity contribution < 1.29 is 0 Å². The molecule has 0 atom stereocenters. The van der Waals surface area contributed by atoms with Crippen molar-refractivity contribution in [2.24, 2.45) is 11.8 Å². The molecule has 0 bridgehead atoms. The quantitative estimate of drug-likeness (QED) is 0.700. The van der Waals surface area contributed by atoms with Gasteiger partial charge >= 0.3 is 0 Å². The first-order valence-corrected chi connectivity index (χ1v) is 8.36. The van der Waals surface area contributed by atoms with Gasteiger partial charge in [-0.1, -0.05) is 29.8 Å². The number of hydrogen-bond acceptors (Lipinski definition) is 1. The minimum absolute atomic E-state index is 0.630. The second-order valence-electron chi connectivity index (χ2n) is 5.62. The van der Waals surface area contributed by atoms with Crippen molar-refractivity contribution in [1.29, 1.82) is 0 Å². The zero-order valence-corrected chi connectivity index (χ0v) is 14.2. The molecule has 0 aromatic heterocycles. The number of nitrogens with one attached hydrogen (secondary N) is 1. The molecule has 100 valence electrons. The minimum Gasteiger partial charge on any atom is -0.381 e. The Labute approximate surface area is 127 Å². The molecule has 1 aromatic carbocycles. The van der Waals surface area contributed by atoms with Gasteiger partial charge in [-0.25, -0.2) is 0 Å². The van der Waals surface area contributed by atoms with Crippen LogP contribution in [0.5, 0.6) is 0 Å². The summed E-state index contributed by atoms with van der Waals surface area (Å²) >= 11 is 7.14. The fourth-order valence-electron chi connectivity index (χ4n) is 2.76. The lowest BCUT2D eigenvalue weighted by Crippen LogP contribution is -2.28. The Kier molecular flexibility index (Phi) is 5.14. The zero-order valence-electron chi connectivity index (χ0n) is 11.0. The van der Waals surface area contributed by atoms with Gasteiger partial charge < -0.3 is 5.32 Å². The predicted molar refractivity (Wildman–Crippen MR) is 86.0 cm³/mol. The van der Waals surface area contributed by atoms with E-state index in [1.54, 1.807) is 0 Å². The molecule has 0 heterocycles. The van der Waals surface area contributed by atoms with Gasteiger partial charge in [-0.3, -0.25) is 0 Å². The summed E-state index contributed by atoms with van der Waals surface area (Å²) in [6, 6.07) is 6.93. The van der Waals surface area contributed by atoms with Crippen molar-refractivity contribution in [2.45, 2.75) is 45.6 Å². The van der Waals surface area contributed by atoms with Crippen LogP contribution in [0.1, 0.15) is 39.5 Å². The summed E-state index contributed by atoms with van der Waals surface area (Å²) < 4.78 is 2.28.